The number of aryl methyl sites for hydroxylation is 1. The Morgan fingerprint density at radius 1 is 0.913 bits per heavy atom. The molecule has 1 atom stereocenters. The van der Waals surface area contributed by atoms with Crippen molar-refractivity contribution in [2.45, 2.75) is 50.7 Å². The predicted molar refractivity (Wildman–Crippen MR) is 95.5 cm³/mol. The first-order chi connectivity index (χ1) is 11.2. The predicted octanol–water partition coefficient (Wildman–Crippen LogP) is 4.15. The summed E-state index contributed by atoms with van der Waals surface area (Å²) >= 11 is 0. The quantitative estimate of drug-likeness (QED) is 0.869. The zero-order valence-corrected chi connectivity index (χ0v) is 14.0. The largest absolute Gasteiger partial charge is 0.379 e. The molecule has 0 aromatic heterocycles. The van der Waals surface area contributed by atoms with Crippen molar-refractivity contribution in [1.82, 2.24) is 5.32 Å². The molecule has 0 saturated heterocycles. The molecular weight excluding hydrogens is 282 g/mol. The van der Waals surface area contributed by atoms with E-state index in [2.05, 4.69) is 24.4 Å². The lowest BCUT2D eigenvalue weighted by atomic mass is 9.85. The van der Waals surface area contributed by atoms with Crippen molar-refractivity contribution < 1.29 is 5.11 Å². The summed E-state index contributed by atoms with van der Waals surface area (Å²) in [6.07, 6.45) is 6.38. The maximum absolute atomic E-state index is 11.5. The van der Waals surface area contributed by atoms with Crippen molar-refractivity contribution in [1.29, 1.82) is 0 Å². The second kappa shape index (κ2) is 7.29. The Hall–Kier alpha value is -1.64. The molecule has 0 heterocycles. The molecule has 0 unspecified atom stereocenters. The van der Waals surface area contributed by atoms with Crippen LogP contribution in [0, 0.1) is 6.92 Å². The van der Waals surface area contributed by atoms with E-state index in [1.807, 2.05) is 42.5 Å². The third-order valence-corrected chi connectivity index (χ3v) is 5.03. The molecule has 0 spiro atoms. The Morgan fingerprint density at radius 3 is 2.17 bits per heavy atom. The fourth-order valence-corrected chi connectivity index (χ4v) is 3.51. The molecular formula is C21H27NO. The molecule has 3 rings (SSSR count). The van der Waals surface area contributed by atoms with E-state index in [9.17, 15) is 5.11 Å². The van der Waals surface area contributed by atoms with Gasteiger partial charge in [-0.1, -0.05) is 79.4 Å². The summed E-state index contributed by atoms with van der Waals surface area (Å²) in [6.45, 7) is 2.64. The van der Waals surface area contributed by atoms with E-state index in [-0.39, 0.29) is 0 Å². The maximum Gasteiger partial charge on any atom is 0.127 e. The van der Waals surface area contributed by atoms with Crippen LogP contribution in [0.4, 0.5) is 0 Å². The van der Waals surface area contributed by atoms with Gasteiger partial charge in [-0.3, -0.25) is 0 Å². The number of benzene rings is 2. The van der Waals surface area contributed by atoms with Crippen LogP contribution in [0.3, 0.4) is 0 Å². The summed E-state index contributed by atoms with van der Waals surface area (Å²) in [6, 6.07) is 18.8. The van der Waals surface area contributed by atoms with Crippen LogP contribution in [0.5, 0.6) is 0 Å². The zero-order chi connectivity index (χ0) is 16.1. The molecule has 2 heteroatoms. The lowest BCUT2D eigenvalue weighted by Gasteiger charge is -2.33. The highest BCUT2D eigenvalue weighted by molar-refractivity contribution is 5.37. The number of rotatable bonds is 5. The van der Waals surface area contributed by atoms with Crippen molar-refractivity contribution >= 4 is 0 Å². The van der Waals surface area contributed by atoms with Crippen LogP contribution >= 0.6 is 0 Å². The van der Waals surface area contributed by atoms with Crippen LogP contribution in [0.2, 0.25) is 0 Å². The molecule has 0 radical (unpaired) electrons. The number of hydrogen-bond donors (Lipinski definition) is 2. The van der Waals surface area contributed by atoms with Crippen molar-refractivity contribution in [2.24, 2.45) is 0 Å². The average molecular weight is 309 g/mol. The van der Waals surface area contributed by atoms with Gasteiger partial charge in [0, 0.05) is 12.6 Å². The van der Waals surface area contributed by atoms with Gasteiger partial charge in [0.2, 0.25) is 0 Å². The van der Waals surface area contributed by atoms with E-state index >= 15 is 0 Å². The van der Waals surface area contributed by atoms with Crippen molar-refractivity contribution in [3.63, 3.8) is 0 Å². The molecule has 23 heavy (non-hydrogen) atoms. The van der Waals surface area contributed by atoms with Crippen molar-refractivity contribution in [3.8, 4) is 0 Å². The summed E-state index contributed by atoms with van der Waals surface area (Å²) in [7, 11) is 0. The van der Waals surface area contributed by atoms with Crippen molar-refractivity contribution in [2.75, 3.05) is 6.54 Å². The fourth-order valence-electron chi connectivity index (χ4n) is 3.51. The monoisotopic (exact) mass is 309 g/mol. The Bertz CT molecular complexity index is 601. The van der Waals surface area contributed by atoms with Gasteiger partial charge in [0.15, 0.2) is 0 Å². The molecule has 0 bridgehead atoms. The maximum atomic E-state index is 11.5. The Labute approximate surface area is 139 Å². The highest BCUT2D eigenvalue weighted by Gasteiger charge is 2.32. The zero-order valence-electron chi connectivity index (χ0n) is 14.0. The molecule has 0 amide bonds. The first kappa shape index (κ1) is 16.2. The highest BCUT2D eigenvalue weighted by atomic mass is 16.3. The minimum absolute atomic E-state index is 0.532. The third kappa shape index (κ3) is 3.82. The van der Waals surface area contributed by atoms with Crippen LogP contribution < -0.4 is 5.32 Å². The molecule has 2 nitrogen and oxygen atoms in total. The van der Waals surface area contributed by atoms with E-state index in [0.717, 1.165) is 11.1 Å². The van der Waals surface area contributed by atoms with Gasteiger partial charge >= 0.3 is 0 Å². The summed E-state index contributed by atoms with van der Waals surface area (Å²) in [5, 5.41) is 15.1. The summed E-state index contributed by atoms with van der Waals surface area (Å²) in [4.78, 5) is 0. The van der Waals surface area contributed by atoms with Gasteiger partial charge in [0.25, 0.3) is 0 Å². The SMILES string of the molecule is Cc1ccc([C@@](O)(CNC2CCCCC2)c2ccccc2)cc1. The first-order valence-corrected chi connectivity index (χ1v) is 8.77. The molecule has 1 aliphatic carbocycles. The summed E-state index contributed by atoms with van der Waals surface area (Å²) in [5.41, 5.74) is 2.14. The first-order valence-electron chi connectivity index (χ1n) is 8.77. The summed E-state index contributed by atoms with van der Waals surface area (Å²) in [5.74, 6) is 0. The third-order valence-electron chi connectivity index (χ3n) is 5.03. The van der Waals surface area contributed by atoms with E-state index in [0.29, 0.717) is 12.6 Å². The summed E-state index contributed by atoms with van der Waals surface area (Å²) < 4.78 is 0. The topological polar surface area (TPSA) is 32.3 Å². The average Bonchev–Trinajstić information content (AvgIpc) is 2.62. The van der Waals surface area contributed by atoms with E-state index in [1.165, 1.54) is 37.7 Å². The van der Waals surface area contributed by atoms with Gasteiger partial charge in [-0.15, -0.1) is 0 Å². The van der Waals surface area contributed by atoms with Crippen molar-refractivity contribution in [3.05, 3.63) is 71.3 Å². The molecule has 122 valence electrons. The Kier molecular flexibility index (Phi) is 5.14. The molecule has 1 fully saturated rings. The Morgan fingerprint density at radius 2 is 1.52 bits per heavy atom. The minimum atomic E-state index is -0.980. The molecule has 2 aromatic carbocycles. The molecule has 2 N–H and O–H groups in total. The lowest BCUT2D eigenvalue weighted by Crippen LogP contribution is -2.44. The number of aliphatic hydroxyl groups is 1. The fraction of sp³-hybridized carbons (Fsp3) is 0.429. The second-order valence-electron chi connectivity index (χ2n) is 6.81. The van der Waals surface area contributed by atoms with Crippen LogP contribution in [-0.4, -0.2) is 17.7 Å². The normalized spacial score (nSPS) is 18.5. The van der Waals surface area contributed by atoms with Crippen LogP contribution in [0.15, 0.2) is 54.6 Å². The van der Waals surface area contributed by atoms with E-state index in [1.54, 1.807) is 0 Å². The van der Waals surface area contributed by atoms with Crippen LogP contribution in [0.25, 0.3) is 0 Å². The standard InChI is InChI=1S/C21H27NO/c1-17-12-14-19(15-13-17)21(23,18-8-4-2-5-9-18)16-22-20-10-6-3-7-11-20/h2,4-5,8-9,12-15,20,22-23H,3,6-7,10-11,16H2,1H3/t21-/m1/s1. The minimum Gasteiger partial charge on any atom is -0.379 e. The number of hydrogen-bond acceptors (Lipinski definition) is 2. The lowest BCUT2D eigenvalue weighted by molar-refractivity contribution is 0.0746. The molecule has 1 aliphatic rings. The van der Waals surface area contributed by atoms with Gasteiger partial charge in [0.05, 0.1) is 0 Å². The van der Waals surface area contributed by atoms with Gasteiger partial charge in [-0.05, 0) is 30.9 Å². The van der Waals surface area contributed by atoms with Crippen LogP contribution in [0.1, 0.15) is 48.8 Å². The highest BCUT2D eigenvalue weighted by Crippen LogP contribution is 2.30. The van der Waals surface area contributed by atoms with E-state index < -0.39 is 5.60 Å². The van der Waals surface area contributed by atoms with Gasteiger partial charge in [-0.2, -0.15) is 0 Å². The van der Waals surface area contributed by atoms with Gasteiger partial charge in [0.1, 0.15) is 5.60 Å². The van der Waals surface area contributed by atoms with E-state index in [4.69, 9.17) is 0 Å². The van der Waals surface area contributed by atoms with Gasteiger partial charge in [-0.25, -0.2) is 0 Å². The second-order valence-corrected chi connectivity index (χ2v) is 6.81. The Balaban J connectivity index is 1.85. The molecule has 2 aromatic rings. The molecule has 0 aliphatic heterocycles. The van der Waals surface area contributed by atoms with Crippen LogP contribution in [-0.2, 0) is 5.60 Å². The molecule has 1 saturated carbocycles. The smallest absolute Gasteiger partial charge is 0.127 e. The van der Waals surface area contributed by atoms with Gasteiger partial charge < -0.3 is 10.4 Å². The number of nitrogens with one attached hydrogen (secondary N) is 1.